The van der Waals surface area contributed by atoms with Gasteiger partial charge in [0.2, 0.25) is 0 Å². The molecule has 2 atom stereocenters. The minimum absolute atomic E-state index is 0.0141. The lowest BCUT2D eigenvalue weighted by Crippen LogP contribution is -2.35. The first-order valence-corrected chi connectivity index (χ1v) is 9.23. The van der Waals surface area contributed by atoms with Crippen LogP contribution in [0, 0.1) is 18.8 Å². The van der Waals surface area contributed by atoms with Gasteiger partial charge in [-0.05, 0) is 51.7 Å². The molecule has 0 bridgehead atoms. The van der Waals surface area contributed by atoms with Gasteiger partial charge in [0.05, 0.1) is 7.11 Å². The predicted octanol–water partition coefficient (Wildman–Crippen LogP) is 1.18. The summed E-state index contributed by atoms with van der Waals surface area (Å²) in [6.07, 6.45) is 0. The average Bonchev–Trinajstić information content (AvgIpc) is 3.02. The van der Waals surface area contributed by atoms with Crippen LogP contribution in [0.5, 0.6) is 5.75 Å². The molecule has 1 fully saturated rings. The topological polar surface area (TPSA) is 56.2 Å². The van der Waals surface area contributed by atoms with Crippen LogP contribution in [0.1, 0.15) is 15.9 Å². The van der Waals surface area contributed by atoms with E-state index < -0.39 is 0 Å². The number of hydrogen-bond donors (Lipinski definition) is 1. The summed E-state index contributed by atoms with van der Waals surface area (Å²) < 4.78 is 5.34. The number of aliphatic hydroxyl groups is 1. The zero-order chi connectivity index (χ0) is 19.3. The molecule has 1 N–H and O–H groups in total. The lowest BCUT2D eigenvalue weighted by atomic mass is 9.96. The molecule has 0 saturated carbocycles. The zero-order valence-corrected chi connectivity index (χ0v) is 16.7. The number of carbonyl (C=O) groups is 1. The van der Waals surface area contributed by atoms with Crippen molar-refractivity contribution in [2.75, 3.05) is 67.6 Å². The molecular formula is C20H33N3O3. The molecule has 6 nitrogen and oxygen atoms in total. The summed E-state index contributed by atoms with van der Waals surface area (Å²) in [6.45, 7) is 6.24. The van der Waals surface area contributed by atoms with Gasteiger partial charge in [0.1, 0.15) is 5.75 Å². The van der Waals surface area contributed by atoms with Crippen molar-refractivity contribution in [1.82, 2.24) is 14.7 Å². The van der Waals surface area contributed by atoms with Gasteiger partial charge in [0.15, 0.2) is 0 Å². The molecule has 0 aromatic heterocycles. The number of aliphatic hydroxyl groups excluding tert-OH is 1. The second kappa shape index (κ2) is 9.35. The number of nitrogens with zero attached hydrogens (tertiary/aromatic N) is 3. The molecule has 0 aliphatic carbocycles. The fourth-order valence-electron chi connectivity index (χ4n) is 3.52. The van der Waals surface area contributed by atoms with Crippen LogP contribution in [0.15, 0.2) is 18.2 Å². The summed E-state index contributed by atoms with van der Waals surface area (Å²) in [5.74, 6) is 1.17. The van der Waals surface area contributed by atoms with Gasteiger partial charge in [-0.15, -0.1) is 0 Å². The quantitative estimate of drug-likeness (QED) is 0.752. The van der Waals surface area contributed by atoms with Crippen molar-refractivity contribution >= 4 is 5.91 Å². The van der Waals surface area contributed by atoms with Gasteiger partial charge in [-0.3, -0.25) is 4.79 Å². The Kier molecular flexibility index (Phi) is 7.43. The first-order chi connectivity index (χ1) is 12.3. The number of likely N-dealkylation sites (tertiary alicyclic amines) is 1. The van der Waals surface area contributed by atoms with Crippen molar-refractivity contribution in [2.24, 2.45) is 11.8 Å². The Hall–Kier alpha value is -1.63. The third kappa shape index (κ3) is 5.19. The summed E-state index contributed by atoms with van der Waals surface area (Å²) in [4.78, 5) is 19.2. The summed E-state index contributed by atoms with van der Waals surface area (Å²) in [5, 5.41) is 9.77. The van der Waals surface area contributed by atoms with E-state index in [1.165, 1.54) is 0 Å². The van der Waals surface area contributed by atoms with Gasteiger partial charge in [0.25, 0.3) is 5.91 Å². The van der Waals surface area contributed by atoms with Crippen molar-refractivity contribution in [1.29, 1.82) is 0 Å². The number of rotatable bonds is 8. The standard InChI is InChI=1S/C20H33N3O3/c1-15-6-7-16(10-19(15)26-5)20(25)23-12-17(18(13-23)14-24)11-22(4)9-8-21(2)3/h6-7,10,17-18,24H,8-9,11-14H2,1-5H3/t17-,18-/m1/s1. The van der Waals surface area contributed by atoms with Gasteiger partial charge in [-0.2, -0.15) is 0 Å². The molecular weight excluding hydrogens is 330 g/mol. The van der Waals surface area contributed by atoms with Crippen LogP contribution in [0.25, 0.3) is 0 Å². The third-order valence-corrected chi connectivity index (χ3v) is 5.23. The van der Waals surface area contributed by atoms with Crippen LogP contribution < -0.4 is 4.74 Å². The molecule has 1 aromatic carbocycles. The second-order valence-corrected chi connectivity index (χ2v) is 7.66. The summed E-state index contributed by atoms with van der Waals surface area (Å²) in [6, 6.07) is 5.57. The highest BCUT2D eigenvalue weighted by Gasteiger charge is 2.35. The monoisotopic (exact) mass is 363 g/mol. The molecule has 1 heterocycles. The van der Waals surface area contributed by atoms with Gasteiger partial charge in [-0.1, -0.05) is 6.07 Å². The number of aryl methyl sites for hydroxylation is 1. The molecule has 1 saturated heterocycles. The van der Waals surface area contributed by atoms with E-state index in [4.69, 9.17) is 4.74 Å². The Morgan fingerprint density at radius 1 is 1.23 bits per heavy atom. The maximum atomic E-state index is 12.9. The number of methoxy groups -OCH3 is 1. The Labute approximate surface area is 157 Å². The SMILES string of the molecule is COc1cc(C(=O)N2C[C@@H](CN(C)CCN(C)C)[C@@H](CO)C2)ccc1C. The number of amides is 1. The van der Waals surface area contributed by atoms with Crippen LogP contribution >= 0.6 is 0 Å². The highest BCUT2D eigenvalue weighted by atomic mass is 16.5. The molecule has 1 aliphatic heterocycles. The van der Waals surface area contributed by atoms with Gasteiger partial charge in [-0.25, -0.2) is 0 Å². The van der Waals surface area contributed by atoms with E-state index in [0.717, 1.165) is 30.9 Å². The molecule has 1 amide bonds. The maximum Gasteiger partial charge on any atom is 0.254 e. The van der Waals surface area contributed by atoms with E-state index in [1.54, 1.807) is 7.11 Å². The molecule has 1 aliphatic rings. The zero-order valence-electron chi connectivity index (χ0n) is 16.7. The largest absolute Gasteiger partial charge is 0.496 e. The molecule has 0 radical (unpaired) electrons. The van der Waals surface area contributed by atoms with Crippen LogP contribution in [0.4, 0.5) is 0 Å². The minimum atomic E-state index is 0.0141. The van der Waals surface area contributed by atoms with E-state index in [-0.39, 0.29) is 18.4 Å². The first kappa shape index (κ1) is 20.7. The Morgan fingerprint density at radius 3 is 2.54 bits per heavy atom. The minimum Gasteiger partial charge on any atom is -0.496 e. The summed E-state index contributed by atoms with van der Waals surface area (Å²) >= 11 is 0. The lowest BCUT2D eigenvalue weighted by Gasteiger charge is -2.25. The second-order valence-electron chi connectivity index (χ2n) is 7.66. The van der Waals surface area contributed by atoms with E-state index in [1.807, 2.05) is 30.0 Å². The summed E-state index contributed by atoms with van der Waals surface area (Å²) in [5.41, 5.74) is 1.66. The van der Waals surface area contributed by atoms with Gasteiger partial charge in [0, 0.05) is 50.8 Å². The predicted molar refractivity (Wildman–Crippen MR) is 104 cm³/mol. The van der Waals surface area contributed by atoms with Crippen LogP contribution in [-0.2, 0) is 0 Å². The van der Waals surface area contributed by atoms with Crippen LogP contribution in [0.2, 0.25) is 0 Å². The number of ether oxygens (including phenoxy) is 1. The third-order valence-electron chi connectivity index (χ3n) is 5.23. The highest BCUT2D eigenvalue weighted by molar-refractivity contribution is 5.95. The van der Waals surface area contributed by atoms with E-state index in [0.29, 0.717) is 24.6 Å². The van der Waals surface area contributed by atoms with E-state index in [2.05, 4.69) is 30.9 Å². The average molecular weight is 364 g/mol. The fourth-order valence-corrected chi connectivity index (χ4v) is 3.52. The highest BCUT2D eigenvalue weighted by Crippen LogP contribution is 2.27. The van der Waals surface area contributed by atoms with Crippen molar-refractivity contribution in [3.05, 3.63) is 29.3 Å². The van der Waals surface area contributed by atoms with Crippen molar-refractivity contribution in [3.8, 4) is 5.75 Å². The molecule has 1 aromatic rings. The normalized spacial score (nSPS) is 20.2. The molecule has 2 rings (SSSR count). The molecule has 6 heteroatoms. The number of likely N-dealkylation sites (N-methyl/N-ethyl adjacent to an activating group) is 2. The Balaban J connectivity index is 2.02. The van der Waals surface area contributed by atoms with E-state index >= 15 is 0 Å². The fraction of sp³-hybridized carbons (Fsp3) is 0.650. The lowest BCUT2D eigenvalue weighted by molar-refractivity contribution is 0.0779. The number of hydrogen-bond acceptors (Lipinski definition) is 5. The molecule has 0 spiro atoms. The molecule has 0 unspecified atom stereocenters. The van der Waals surface area contributed by atoms with Crippen LogP contribution in [0.3, 0.4) is 0 Å². The van der Waals surface area contributed by atoms with E-state index in [9.17, 15) is 9.90 Å². The molecule has 146 valence electrons. The van der Waals surface area contributed by atoms with Crippen molar-refractivity contribution < 1.29 is 14.6 Å². The maximum absolute atomic E-state index is 12.9. The van der Waals surface area contributed by atoms with Crippen molar-refractivity contribution in [3.63, 3.8) is 0 Å². The molecule has 26 heavy (non-hydrogen) atoms. The van der Waals surface area contributed by atoms with Crippen molar-refractivity contribution in [2.45, 2.75) is 6.92 Å². The van der Waals surface area contributed by atoms with Gasteiger partial charge >= 0.3 is 0 Å². The Morgan fingerprint density at radius 2 is 1.92 bits per heavy atom. The Bertz CT molecular complexity index is 606. The number of carbonyl (C=O) groups excluding carboxylic acids is 1. The summed E-state index contributed by atoms with van der Waals surface area (Å²) in [7, 11) is 7.85. The smallest absolute Gasteiger partial charge is 0.254 e. The van der Waals surface area contributed by atoms with Crippen LogP contribution in [-0.4, -0.2) is 93.3 Å². The van der Waals surface area contributed by atoms with Gasteiger partial charge < -0.3 is 24.5 Å². The number of benzene rings is 1. The first-order valence-electron chi connectivity index (χ1n) is 9.23.